The summed E-state index contributed by atoms with van der Waals surface area (Å²) >= 11 is 1.73. The first-order chi connectivity index (χ1) is 11.2. The van der Waals surface area contributed by atoms with Crippen LogP contribution >= 0.6 is 11.8 Å². The van der Waals surface area contributed by atoms with Gasteiger partial charge in [0.05, 0.1) is 18.5 Å². The molecule has 126 valence electrons. The number of hydrogen-bond donors (Lipinski definition) is 3. The van der Waals surface area contributed by atoms with Crippen molar-refractivity contribution < 1.29 is 14.9 Å². The average Bonchev–Trinajstić information content (AvgIpc) is 3.12. The molecule has 1 fully saturated rings. The van der Waals surface area contributed by atoms with Gasteiger partial charge in [-0.15, -0.1) is 0 Å². The van der Waals surface area contributed by atoms with Gasteiger partial charge in [-0.2, -0.15) is 11.8 Å². The molecule has 0 unspecified atom stereocenters. The Morgan fingerprint density at radius 1 is 1.35 bits per heavy atom. The number of aliphatic hydroxyl groups excluding tert-OH is 2. The van der Waals surface area contributed by atoms with Gasteiger partial charge in [-0.05, 0) is 18.6 Å². The Morgan fingerprint density at radius 3 is 3.04 bits per heavy atom. The van der Waals surface area contributed by atoms with E-state index >= 15 is 0 Å². The van der Waals surface area contributed by atoms with E-state index in [1.807, 2.05) is 0 Å². The first-order valence-electron chi connectivity index (χ1n) is 7.66. The summed E-state index contributed by atoms with van der Waals surface area (Å²) in [6, 6.07) is 0. The molecule has 2 aromatic rings. The maximum atomic E-state index is 10.2. The van der Waals surface area contributed by atoms with Crippen LogP contribution in [-0.4, -0.2) is 60.1 Å². The van der Waals surface area contributed by atoms with Gasteiger partial charge in [-0.25, -0.2) is 15.0 Å². The van der Waals surface area contributed by atoms with Crippen molar-refractivity contribution in [1.82, 2.24) is 19.5 Å². The van der Waals surface area contributed by atoms with E-state index in [0.717, 1.165) is 24.3 Å². The summed E-state index contributed by atoms with van der Waals surface area (Å²) in [4.78, 5) is 12.4. The van der Waals surface area contributed by atoms with Crippen molar-refractivity contribution in [3.8, 4) is 0 Å². The number of nitrogens with zero attached hydrogens (tertiary/aromatic N) is 4. The number of ether oxygens (including phenoxy) is 1. The standard InChI is InChI=1S/C14H21N5O3S/c15-13-12-14(17-7-16-13)19(8-18-12)11-5-9(21)10(22-11)6-23-4-2-1-3-20/h7-11,20-21H,1-6H2,(H2,15,16,17)/t9-,10+,11+/m0/s1. The molecule has 3 rings (SSSR count). The number of hydrogen-bond acceptors (Lipinski definition) is 8. The predicted octanol–water partition coefficient (Wildman–Crippen LogP) is 0.563. The van der Waals surface area contributed by atoms with Gasteiger partial charge in [0.2, 0.25) is 0 Å². The van der Waals surface area contributed by atoms with E-state index in [1.165, 1.54) is 6.33 Å². The summed E-state index contributed by atoms with van der Waals surface area (Å²) in [5, 5.41) is 19.0. The normalized spacial score (nSPS) is 24.5. The highest BCUT2D eigenvalue weighted by atomic mass is 32.2. The molecule has 8 nitrogen and oxygen atoms in total. The molecule has 0 saturated carbocycles. The highest BCUT2D eigenvalue weighted by Crippen LogP contribution is 2.32. The zero-order valence-corrected chi connectivity index (χ0v) is 13.5. The van der Waals surface area contributed by atoms with Gasteiger partial charge in [-0.3, -0.25) is 4.57 Å². The van der Waals surface area contributed by atoms with Crippen LogP contribution in [0.25, 0.3) is 11.2 Å². The Kier molecular flexibility index (Phi) is 5.31. The SMILES string of the molecule is Nc1ncnc2c1ncn2[C@H]1C[C@H](O)[C@@H](CSCCCCO)O1. The van der Waals surface area contributed by atoms with Crippen LogP contribution in [0.2, 0.25) is 0 Å². The van der Waals surface area contributed by atoms with E-state index in [1.54, 1.807) is 22.7 Å². The second-order valence-corrected chi connectivity index (χ2v) is 6.67. The lowest BCUT2D eigenvalue weighted by Gasteiger charge is -2.15. The van der Waals surface area contributed by atoms with E-state index in [2.05, 4.69) is 15.0 Å². The monoisotopic (exact) mass is 339 g/mol. The third-order valence-electron chi connectivity index (χ3n) is 3.88. The van der Waals surface area contributed by atoms with Crippen LogP contribution in [0, 0.1) is 0 Å². The van der Waals surface area contributed by atoms with Crippen LogP contribution < -0.4 is 5.73 Å². The van der Waals surface area contributed by atoms with Crippen molar-refractivity contribution in [2.24, 2.45) is 0 Å². The number of thioether (sulfide) groups is 1. The molecule has 0 amide bonds. The highest BCUT2D eigenvalue weighted by molar-refractivity contribution is 7.99. The molecule has 23 heavy (non-hydrogen) atoms. The number of aliphatic hydroxyl groups is 2. The molecule has 0 aliphatic carbocycles. The van der Waals surface area contributed by atoms with Crippen LogP contribution in [0.15, 0.2) is 12.7 Å². The van der Waals surface area contributed by atoms with Gasteiger partial charge < -0.3 is 20.7 Å². The van der Waals surface area contributed by atoms with Gasteiger partial charge in [0.25, 0.3) is 0 Å². The Labute approximate surface area is 138 Å². The Morgan fingerprint density at radius 2 is 2.22 bits per heavy atom. The molecule has 4 N–H and O–H groups in total. The van der Waals surface area contributed by atoms with Crippen molar-refractivity contribution in [2.45, 2.75) is 37.7 Å². The summed E-state index contributed by atoms with van der Waals surface area (Å²) in [5.74, 6) is 2.02. The molecular formula is C14H21N5O3S. The predicted molar refractivity (Wildman–Crippen MR) is 87.9 cm³/mol. The Bertz CT molecular complexity index is 652. The summed E-state index contributed by atoms with van der Waals surface area (Å²) < 4.78 is 7.77. The fourth-order valence-electron chi connectivity index (χ4n) is 2.63. The van der Waals surface area contributed by atoms with E-state index in [-0.39, 0.29) is 18.9 Å². The smallest absolute Gasteiger partial charge is 0.167 e. The summed E-state index contributed by atoms with van der Waals surface area (Å²) in [7, 11) is 0. The van der Waals surface area contributed by atoms with Gasteiger partial charge in [-0.1, -0.05) is 0 Å². The largest absolute Gasteiger partial charge is 0.396 e. The van der Waals surface area contributed by atoms with Gasteiger partial charge in [0.15, 0.2) is 11.5 Å². The summed E-state index contributed by atoms with van der Waals surface area (Å²) in [6.07, 6.45) is 4.28. The number of anilines is 1. The number of unbranched alkanes of at least 4 members (excludes halogenated alkanes) is 1. The van der Waals surface area contributed by atoms with Crippen molar-refractivity contribution in [3.63, 3.8) is 0 Å². The molecule has 0 spiro atoms. The minimum Gasteiger partial charge on any atom is -0.396 e. The molecule has 3 heterocycles. The van der Waals surface area contributed by atoms with E-state index in [0.29, 0.717) is 23.4 Å². The number of nitrogens with two attached hydrogens (primary N) is 1. The van der Waals surface area contributed by atoms with E-state index < -0.39 is 6.10 Å². The highest BCUT2D eigenvalue weighted by Gasteiger charge is 2.35. The molecule has 0 radical (unpaired) electrons. The molecule has 9 heteroatoms. The zero-order chi connectivity index (χ0) is 16.2. The lowest BCUT2D eigenvalue weighted by Crippen LogP contribution is -2.23. The molecule has 1 aliphatic rings. The number of aromatic nitrogens is 4. The lowest BCUT2D eigenvalue weighted by molar-refractivity contribution is -0.00371. The van der Waals surface area contributed by atoms with Gasteiger partial charge in [0, 0.05) is 18.8 Å². The van der Waals surface area contributed by atoms with Crippen molar-refractivity contribution >= 4 is 28.7 Å². The average molecular weight is 339 g/mol. The van der Waals surface area contributed by atoms with Crippen molar-refractivity contribution in [2.75, 3.05) is 23.8 Å². The minimum atomic E-state index is -0.512. The van der Waals surface area contributed by atoms with Crippen LogP contribution in [0.1, 0.15) is 25.5 Å². The molecule has 1 saturated heterocycles. The Hall–Kier alpha value is -1.42. The topological polar surface area (TPSA) is 119 Å². The maximum Gasteiger partial charge on any atom is 0.167 e. The summed E-state index contributed by atoms with van der Waals surface area (Å²) in [6.45, 7) is 0.226. The van der Waals surface area contributed by atoms with Crippen LogP contribution in [-0.2, 0) is 4.74 Å². The molecule has 0 aromatic carbocycles. The zero-order valence-electron chi connectivity index (χ0n) is 12.7. The summed E-state index contributed by atoms with van der Waals surface area (Å²) in [5.41, 5.74) is 6.96. The van der Waals surface area contributed by atoms with Gasteiger partial charge in [0.1, 0.15) is 18.1 Å². The molecular weight excluding hydrogens is 318 g/mol. The molecule has 2 aromatic heterocycles. The van der Waals surface area contributed by atoms with E-state index in [4.69, 9.17) is 15.6 Å². The lowest BCUT2D eigenvalue weighted by atomic mass is 10.2. The second-order valence-electron chi connectivity index (χ2n) is 5.52. The first-order valence-corrected chi connectivity index (χ1v) is 8.81. The Balaban J connectivity index is 1.62. The van der Waals surface area contributed by atoms with Crippen LogP contribution in [0.3, 0.4) is 0 Å². The third kappa shape index (κ3) is 3.57. The van der Waals surface area contributed by atoms with Crippen LogP contribution in [0.5, 0.6) is 0 Å². The second kappa shape index (κ2) is 7.43. The number of fused-ring (bicyclic) bond motifs is 1. The van der Waals surface area contributed by atoms with Crippen molar-refractivity contribution in [3.05, 3.63) is 12.7 Å². The number of imidazole rings is 1. The van der Waals surface area contributed by atoms with Crippen molar-refractivity contribution in [1.29, 1.82) is 0 Å². The van der Waals surface area contributed by atoms with Gasteiger partial charge >= 0.3 is 0 Å². The quantitative estimate of drug-likeness (QED) is 0.626. The van der Waals surface area contributed by atoms with E-state index in [9.17, 15) is 5.11 Å². The number of nitrogen functional groups attached to an aromatic ring is 1. The maximum absolute atomic E-state index is 10.2. The first kappa shape index (κ1) is 16.4. The fourth-order valence-corrected chi connectivity index (χ4v) is 3.74. The fraction of sp³-hybridized carbons (Fsp3) is 0.643. The van der Waals surface area contributed by atoms with Crippen LogP contribution in [0.4, 0.5) is 5.82 Å². The minimum absolute atomic E-state index is 0.212. The molecule has 3 atom stereocenters. The third-order valence-corrected chi connectivity index (χ3v) is 5.02. The molecule has 0 bridgehead atoms. The number of rotatable bonds is 7. The molecule has 1 aliphatic heterocycles.